The monoisotopic (exact) mass is 334 g/mol. The fourth-order valence-corrected chi connectivity index (χ4v) is 4.61. The number of aliphatic hydroxyl groups is 2. The summed E-state index contributed by atoms with van der Waals surface area (Å²) in [5.41, 5.74) is 7.46. The minimum Gasteiger partial charge on any atom is -0.480 e. The fraction of sp³-hybridized carbons (Fsp3) is 0.846. The maximum Gasteiger partial charge on any atom is 0.320 e. The molecular formula is C13H22B2N5O4. The molecule has 0 aromatic rings. The number of nitrogens with two attached hydrogens (primary N) is 2. The molecule has 9 N–H and O–H groups in total. The Morgan fingerprint density at radius 3 is 2.83 bits per heavy atom. The van der Waals surface area contributed by atoms with Gasteiger partial charge in [0.05, 0.1) is 7.85 Å². The van der Waals surface area contributed by atoms with Crippen molar-refractivity contribution in [2.24, 2.45) is 28.5 Å². The van der Waals surface area contributed by atoms with Crippen molar-refractivity contribution in [3.8, 4) is 0 Å². The van der Waals surface area contributed by atoms with Crippen molar-refractivity contribution >= 4 is 26.9 Å². The molecule has 1 spiro atoms. The Morgan fingerprint density at radius 2 is 2.21 bits per heavy atom. The molecule has 9 nitrogen and oxygen atoms in total. The van der Waals surface area contributed by atoms with Crippen LogP contribution >= 0.6 is 0 Å². The molecule has 2 aliphatic heterocycles. The molecule has 0 bridgehead atoms. The molecule has 2 saturated heterocycles. The van der Waals surface area contributed by atoms with E-state index in [0.717, 1.165) is 12.8 Å². The van der Waals surface area contributed by atoms with Crippen molar-refractivity contribution in [2.45, 2.75) is 54.6 Å². The second-order valence-corrected chi connectivity index (χ2v) is 7.31. The first-order chi connectivity index (χ1) is 11.1. The van der Waals surface area contributed by atoms with Gasteiger partial charge in [-0.1, -0.05) is 18.2 Å². The largest absolute Gasteiger partial charge is 0.480 e. The number of hydrazine groups is 1. The molecule has 24 heavy (non-hydrogen) atoms. The number of amidine groups is 1. The average molecular weight is 334 g/mol. The lowest BCUT2D eigenvalue weighted by molar-refractivity contribution is -0.141. The highest BCUT2D eigenvalue weighted by atomic mass is 16.5. The van der Waals surface area contributed by atoms with E-state index in [1.807, 2.05) is 12.8 Å². The van der Waals surface area contributed by atoms with E-state index < -0.39 is 29.0 Å². The number of carboxylic acids is 1. The van der Waals surface area contributed by atoms with E-state index in [1.165, 1.54) is 0 Å². The molecule has 1 saturated carbocycles. The summed E-state index contributed by atoms with van der Waals surface area (Å²) in [6.45, 7) is 0. The molecule has 3 rings (SSSR count). The highest BCUT2D eigenvalue weighted by molar-refractivity contribution is 6.72. The van der Waals surface area contributed by atoms with Gasteiger partial charge in [-0.2, -0.15) is 0 Å². The van der Waals surface area contributed by atoms with Crippen molar-refractivity contribution in [2.75, 3.05) is 0 Å². The summed E-state index contributed by atoms with van der Waals surface area (Å²) in [6.07, 6.45) is 2.67. The molecule has 5 unspecified atom stereocenters. The summed E-state index contributed by atoms with van der Waals surface area (Å²) in [6, 6.07) is -0.688. The van der Waals surface area contributed by atoms with Gasteiger partial charge < -0.3 is 26.4 Å². The molecule has 129 valence electrons. The standard InChI is InChI=1S/C13H22B2N5O4/c14-13-11(15-13)2-1-6(5-12(23,24)10(16)19-20-17)3-7(11)4-8(18-13)9(21)22/h6-8,18,20,23-24H,1-5,17H2,(H2,16,19)(H,21,22). The number of rotatable bonds is 5. The molecular weight excluding hydrogens is 312 g/mol. The van der Waals surface area contributed by atoms with E-state index >= 15 is 0 Å². The van der Waals surface area contributed by atoms with Crippen LogP contribution in [0, 0.1) is 11.8 Å². The zero-order chi connectivity index (χ0) is 17.8. The lowest BCUT2D eigenvalue weighted by atomic mass is 9.60. The molecule has 3 radical (unpaired) electrons. The van der Waals surface area contributed by atoms with Crippen LogP contribution in [0.1, 0.15) is 32.1 Å². The van der Waals surface area contributed by atoms with Gasteiger partial charge in [0.2, 0.25) is 5.79 Å². The number of hydrogen-bond donors (Lipinski definition) is 7. The van der Waals surface area contributed by atoms with Gasteiger partial charge >= 0.3 is 5.97 Å². The zero-order valence-electron chi connectivity index (χ0n) is 13.3. The zero-order valence-corrected chi connectivity index (χ0v) is 13.3. The van der Waals surface area contributed by atoms with Crippen LogP contribution in [0.5, 0.6) is 0 Å². The molecule has 2 heterocycles. The van der Waals surface area contributed by atoms with Crippen molar-refractivity contribution in [3.63, 3.8) is 0 Å². The summed E-state index contributed by atoms with van der Waals surface area (Å²) in [7, 11) is 8.30. The number of piperidine rings is 1. The highest BCUT2D eigenvalue weighted by Crippen LogP contribution is 2.69. The van der Waals surface area contributed by atoms with E-state index in [0.29, 0.717) is 12.8 Å². The van der Waals surface area contributed by atoms with Crippen LogP contribution < -0.4 is 22.4 Å². The van der Waals surface area contributed by atoms with Crippen LogP contribution in [0.4, 0.5) is 0 Å². The molecule has 0 aromatic heterocycles. The van der Waals surface area contributed by atoms with Gasteiger partial charge in [0, 0.05) is 6.42 Å². The lowest BCUT2D eigenvalue weighted by Gasteiger charge is -2.47. The topological polar surface area (TPSA) is 166 Å². The van der Waals surface area contributed by atoms with E-state index in [4.69, 9.17) is 19.4 Å². The average Bonchev–Trinajstić information content (AvgIpc) is 3.10. The Balaban J connectivity index is 1.70. The first kappa shape index (κ1) is 17.5. The number of aliphatic carboxylic acids is 1. The van der Waals surface area contributed by atoms with Gasteiger partial charge in [-0.15, -0.1) is 5.10 Å². The van der Waals surface area contributed by atoms with Gasteiger partial charge in [0.25, 0.3) is 0 Å². The molecule has 11 heteroatoms. The third-order valence-electron chi connectivity index (χ3n) is 5.88. The highest BCUT2D eigenvalue weighted by Gasteiger charge is 2.71. The minimum absolute atomic E-state index is 0.0132. The third kappa shape index (κ3) is 2.69. The number of hydrazone groups is 1. The van der Waals surface area contributed by atoms with Crippen molar-refractivity contribution in [1.82, 2.24) is 10.9 Å². The van der Waals surface area contributed by atoms with E-state index in [2.05, 4.69) is 10.4 Å². The molecule has 3 aliphatic rings. The van der Waals surface area contributed by atoms with Crippen molar-refractivity contribution < 1.29 is 20.1 Å². The van der Waals surface area contributed by atoms with Crippen LogP contribution in [-0.2, 0) is 4.79 Å². The quantitative estimate of drug-likeness (QED) is 0.0715. The SMILES string of the molecule is [B]C12[B]C13CCC(CC(O)(O)/C(N)=N/NN)CC3CC(C(=O)O)N2. The molecule has 0 aromatic carbocycles. The Kier molecular flexibility index (Phi) is 4.10. The number of nitrogens with one attached hydrogen (secondary N) is 2. The second kappa shape index (κ2) is 5.62. The van der Waals surface area contributed by atoms with Gasteiger partial charge in [0.1, 0.15) is 13.3 Å². The Bertz CT molecular complexity index is 577. The lowest BCUT2D eigenvalue weighted by Crippen LogP contribution is -2.55. The number of carbonyl (C=O) groups is 1. The van der Waals surface area contributed by atoms with E-state index in [1.54, 1.807) is 0 Å². The summed E-state index contributed by atoms with van der Waals surface area (Å²) in [4.78, 5) is 11.3. The molecule has 0 amide bonds. The predicted octanol–water partition coefficient (Wildman–Crippen LogP) is -2.65. The van der Waals surface area contributed by atoms with Crippen molar-refractivity contribution in [1.29, 1.82) is 0 Å². The smallest absolute Gasteiger partial charge is 0.320 e. The Hall–Kier alpha value is -1.29. The maximum atomic E-state index is 11.3. The van der Waals surface area contributed by atoms with Crippen molar-refractivity contribution in [3.05, 3.63) is 0 Å². The van der Waals surface area contributed by atoms with Crippen LogP contribution in [0.2, 0.25) is 5.31 Å². The predicted molar refractivity (Wildman–Crippen MR) is 87.7 cm³/mol. The molecule has 3 fully saturated rings. The van der Waals surface area contributed by atoms with Crippen LogP contribution in [0.25, 0.3) is 0 Å². The number of hydrogen-bond acceptors (Lipinski definition) is 7. The van der Waals surface area contributed by atoms with Gasteiger partial charge in [0.15, 0.2) is 5.84 Å². The number of carboxylic acid groups (broad SMARTS) is 1. The first-order valence-corrected chi connectivity index (χ1v) is 8.04. The molecule has 1 aliphatic carbocycles. The molecule has 5 atom stereocenters. The first-order valence-electron chi connectivity index (χ1n) is 8.04. The minimum atomic E-state index is -2.26. The second-order valence-electron chi connectivity index (χ2n) is 7.31. The Morgan fingerprint density at radius 1 is 1.50 bits per heavy atom. The summed E-state index contributed by atoms with van der Waals surface area (Å²) >= 11 is 0. The summed E-state index contributed by atoms with van der Waals surface area (Å²) in [5.74, 6) is 1.50. The third-order valence-corrected chi connectivity index (χ3v) is 5.88. The van der Waals surface area contributed by atoms with E-state index in [9.17, 15) is 20.1 Å². The summed E-state index contributed by atoms with van der Waals surface area (Å²) < 4.78 is 0. The normalized spacial score (nSPS) is 41.6. The number of nitrogens with zero attached hydrogens (tertiary/aromatic N) is 1. The van der Waals surface area contributed by atoms with Crippen LogP contribution in [0.15, 0.2) is 5.10 Å². The Labute approximate surface area is 141 Å². The van der Waals surface area contributed by atoms with Gasteiger partial charge in [-0.05, 0) is 30.0 Å². The van der Waals surface area contributed by atoms with E-state index in [-0.39, 0.29) is 23.6 Å². The van der Waals surface area contributed by atoms with Gasteiger partial charge in [-0.3, -0.25) is 4.79 Å². The van der Waals surface area contributed by atoms with Crippen LogP contribution in [0.3, 0.4) is 0 Å². The summed E-state index contributed by atoms with van der Waals surface area (Å²) in [5, 5.41) is 35.0. The van der Waals surface area contributed by atoms with Crippen LogP contribution in [-0.4, -0.2) is 59.4 Å². The maximum absolute atomic E-state index is 11.3. The van der Waals surface area contributed by atoms with Gasteiger partial charge in [-0.25, -0.2) is 11.4 Å². The fourth-order valence-electron chi connectivity index (χ4n) is 4.61.